The van der Waals surface area contributed by atoms with Crippen molar-refractivity contribution in [2.75, 3.05) is 13.1 Å². The molecule has 0 aliphatic carbocycles. The van der Waals surface area contributed by atoms with Gasteiger partial charge in [-0.15, -0.1) is 0 Å². The highest BCUT2D eigenvalue weighted by molar-refractivity contribution is 9.10. The van der Waals surface area contributed by atoms with Crippen LogP contribution in [-0.4, -0.2) is 23.9 Å². The summed E-state index contributed by atoms with van der Waals surface area (Å²) in [6.45, 7) is 8.90. The number of carbonyl (C=O) groups excluding carboxylic acids is 1. The van der Waals surface area contributed by atoms with Crippen molar-refractivity contribution in [1.29, 1.82) is 0 Å². The van der Waals surface area contributed by atoms with E-state index in [1.807, 2.05) is 13.8 Å². The summed E-state index contributed by atoms with van der Waals surface area (Å²) in [5.41, 5.74) is 1.56. The van der Waals surface area contributed by atoms with E-state index in [-0.39, 0.29) is 5.91 Å². The van der Waals surface area contributed by atoms with Crippen LogP contribution in [0.1, 0.15) is 24.2 Å². The van der Waals surface area contributed by atoms with Crippen LogP contribution in [-0.2, 0) is 0 Å². The summed E-state index contributed by atoms with van der Waals surface area (Å²) in [5, 5.41) is 0.544. The molecule has 92 valence electrons. The summed E-state index contributed by atoms with van der Waals surface area (Å²) >= 11 is 9.28. The molecule has 0 aliphatic heterocycles. The van der Waals surface area contributed by atoms with Crippen LogP contribution in [0.4, 0.5) is 0 Å². The fourth-order valence-corrected chi connectivity index (χ4v) is 1.89. The van der Waals surface area contributed by atoms with Gasteiger partial charge in [-0.1, -0.05) is 23.8 Å². The molecule has 0 spiro atoms. The fraction of sp³-hybridized carbons (Fsp3) is 0.308. The first-order valence-corrected chi connectivity index (χ1v) is 6.51. The van der Waals surface area contributed by atoms with Crippen LogP contribution in [0, 0.1) is 0 Å². The van der Waals surface area contributed by atoms with Gasteiger partial charge >= 0.3 is 0 Å². The van der Waals surface area contributed by atoms with Crippen molar-refractivity contribution in [3.8, 4) is 0 Å². The third-order valence-electron chi connectivity index (χ3n) is 2.30. The molecule has 4 heteroatoms. The lowest BCUT2D eigenvalue weighted by molar-refractivity contribution is 0.0778. The van der Waals surface area contributed by atoms with E-state index >= 15 is 0 Å². The second kappa shape index (κ2) is 6.22. The molecule has 2 nitrogen and oxygen atoms in total. The highest BCUT2D eigenvalue weighted by Gasteiger charge is 2.14. The minimum Gasteiger partial charge on any atom is -0.335 e. The molecule has 0 atom stereocenters. The second-order valence-corrected chi connectivity index (χ2v) is 5.17. The number of amides is 1. The van der Waals surface area contributed by atoms with Gasteiger partial charge in [0.2, 0.25) is 0 Å². The Balaban J connectivity index is 2.93. The van der Waals surface area contributed by atoms with Crippen molar-refractivity contribution < 1.29 is 4.79 Å². The van der Waals surface area contributed by atoms with Gasteiger partial charge in [-0.25, -0.2) is 0 Å². The van der Waals surface area contributed by atoms with Crippen LogP contribution in [0.25, 0.3) is 0 Å². The Hall–Kier alpha value is -0.800. The van der Waals surface area contributed by atoms with E-state index in [0.29, 0.717) is 23.7 Å². The quantitative estimate of drug-likeness (QED) is 0.765. The van der Waals surface area contributed by atoms with Gasteiger partial charge in [-0.2, -0.15) is 0 Å². The summed E-state index contributed by atoms with van der Waals surface area (Å²) in [4.78, 5) is 13.9. The molecule has 1 amide bonds. The first kappa shape index (κ1) is 14.3. The van der Waals surface area contributed by atoms with Crippen LogP contribution in [0.2, 0.25) is 5.02 Å². The first-order valence-electron chi connectivity index (χ1n) is 5.34. The molecule has 0 saturated carbocycles. The maximum absolute atomic E-state index is 12.2. The van der Waals surface area contributed by atoms with E-state index in [1.54, 1.807) is 23.1 Å². The average molecular weight is 317 g/mol. The van der Waals surface area contributed by atoms with Crippen molar-refractivity contribution in [3.05, 3.63) is 45.4 Å². The Bertz CT molecular complexity index is 445. The van der Waals surface area contributed by atoms with Crippen molar-refractivity contribution in [2.24, 2.45) is 0 Å². The van der Waals surface area contributed by atoms with Crippen molar-refractivity contribution in [3.63, 3.8) is 0 Å². The van der Waals surface area contributed by atoms with Gasteiger partial charge in [0.05, 0.1) is 5.02 Å². The third kappa shape index (κ3) is 3.86. The lowest BCUT2D eigenvalue weighted by atomic mass is 10.2. The molecule has 0 saturated heterocycles. The van der Waals surface area contributed by atoms with Gasteiger partial charge in [0.25, 0.3) is 5.91 Å². The maximum Gasteiger partial charge on any atom is 0.254 e. The zero-order chi connectivity index (χ0) is 13.0. The van der Waals surface area contributed by atoms with Gasteiger partial charge < -0.3 is 4.90 Å². The number of halogens is 2. The molecule has 1 rings (SSSR count). The van der Waals surface area contributed by atoms with E-state index < -0.39 is 0 Å². The fourth-order valence-electron chi connectivity index (χ4n) is 1.46. The summed E-state index contributed by atoms with van der Waals surface area (Å²) in [6, 6.07) is 5.22. The van der Waals surface area contributed by atoms with E-state index in [0.717, 1.165) is 10.0 Å². The molecule has 0 fully saturated rings. The maximum atomic E-state index is 12.2. The molecule has 17 heavy (non-hydrogen) atoms. The van der Waals surface area contributed by atoms with Crippen LogP contribution in [0.15, 0.2) is 34.8 Å². The molecule has 0 aliphatic rings. The van der Waals surface area contributed by atoms with Crippen molar-refractivity contribution >= 4 is 33.4 Å². The number of nitrogens with zero attached hydrogens (tertiary/aromatic N) is 1. The second-order valence-electron chi connectivity index (χ2n) is 3.91. The Morgan fingerprint density at radius 1 is 1.53 bits per heavy atom. The van der Waals surface area contributed by atoms with Gasteiger partial charge in [0.1, 0.15) is 0 Å². The molecular formula is C13H15BrClNO. The minimum atomic E-state index is -0.0232. The van der Waals surface area contributed by atoms with E-state index in [2.05, 4.69) is 22.5 Å². The number of rotatable bonds is 4. The molecule has 0 aromatic heterocycles. The zero-order valence-corrected chi connectivity index (χ0v) is 12.3. The third-order valence-corrected chi connectivity index (χ3v) is 3.53. The lowest BCUT2D eigenvalue weighted by Gasteiger charge is -2.21. The van der Waals surface area contributed by atoms with Gasteiger partial charge in [-0.05, 0) is 48.0 Å². The molecule has 0 bridgehead atoms. The summed E-state index contributed by atoms with van der Waals surface area (Å²) in [5.74, 6) is -0.0232. The van der Waals surface area contributed by atoms with Crippen LogP contribution in [0.3, 0.4) is 0 Å². The van der Waals surface area contributed by atoms with Gasteiger partial charge in [-0.3, -0.25) is 4.79 Å². The summed E-state index contributed by atoms with van der Waals surface area (Å²) in [6.07, 6.45) is 0. The molecule has 1 aromatic carbocycles. The molecule has 0 N–H and O–H groups in total. The lowest BCUT2D eigenvalue weighted by Crippen LogP contribution is -2.32. The number of likely N-dealkylation sites (N-methyl/N-ethyl adjacent to an activating group) is 1. The number of carbonyl (C=O) groups is 1. The van der Waals surface area contributed by atoms with Crippen molar-refractivity contribution in [1.82, 2.24) is 4.90 Å². The number of benzene rings is 1. The Morgan fingerprint density at radius 2 is 2.18 bits per heavy atom. The first-order chi connectivity index (χ1) is 7.95. The molecule has 0 unspecified atom stereocenters. The highest BCUT2D eigenvalue weighted by Crippen LogP contribution is 2.23. The number of hydrogen-bond acceptors (Lipinski definition) is 1. The Kier molecular flexibility index (Phi) is 5.22. The van der Waals surface area contributed by atoms with Crippen LogP contribution >= 0.6 is 27.5 Å². The predicted octanol–water partition coefficient (Wildman–Crippen LogP) is 4.14. The highest BCUT2D eigenvalue weighted by atomic mass is 79.9. The largest absolute Gasteiger partial charge is 0.335 e. The standard InChI is InChI=1S/C13H15BrClNO/c1-4-16(8-9(2)3)13(17)10-5-6-11(14)12(15)7-10/h5-7H,2,4,8H2,1,3H3. The van der Waals surface area contributed by atoms with Crippen LogP contribution in [0.5, 0.6) is 0 Å². The van der Waals surface area contributed by atoms with E-state index in [1.165, 1.54) is 0 Å². The zero-order valence-electron chi connectivity index (χ0n) is 9.96. The Morgan fingerprint density at radius 3 is 2.65 bits per heavy atom. The SMILES string of the molecule is C=C(C)CN(CC)C(=O)c1ccc(Br)c(Cl)c1. The van der Waals surface area contributed by atoms with E-state index in [4.69, 9.17) is 11.6 Å². The van der Waals surface area contributed by atoms with Gasteiger partial charge in [0.15, 0.2) is 0 Å². The van der Waals surface area contributed by atoms with E-state index in [9.17, 15) is 4.79 Å². The Labute approximate surface area is 115 Å². The normalized spacial score (nSPS) is 10.1. The predicted molar refractivity (Wildman–Crippen MR) is 75.5 cm³/mol. The molecule has 0 radical (unpaired) electrons. The monoisotopic (exact) mass is 315 g/mol. The summed E-state index contributed by atoms with van der Waals surface area (Å²) < 4.78 is 0.790. The molecule has 0 heterocycles. The molecule has 1 aromatic rings. The van der Waals surface area contributed by atoms with Gasteiger partial charge in [0, 0.05) is 23.1 Å². The minimum absolute atomic E-state index is 0.0232. The number of hydrogen-bond donors (Lipinski definition) is 0. The smallest absolute Gasteiger partial charge is 0.254 e. The summed E-state index contributed by atoms with van der Waals surface area (Å²) in [7, 11) is 0. The topological polar surface area (TPSA) is 20.3 Å². The van der Waals surface area contributed by atoms with Crippen LogP contribution < -0.4 is 0 Å². The van der Waals surface area contributed by atoms with Crippen molar-refractivity contribution in [2.45, 2.75) is 13.8 Å². The average Bonchev–Trinajstić information content (AvgIpc) is 2.28. The molecular weight excluding hydrogens is 302 g/mol.